The van der Waals surface area contributed by atoms with Crippen LogP contribution in [0.3, 0.4) is 0 Å². The number of thioether (sulfide) groups is 1. The molecule has 0 amide bonds. The van der Waals surface area contributed by atoms with Crippen LogP contribution in [-0.4, -0.2) is 59.6 Å². The zero-order valence-corrected chi connectivity index (χ0v) is 12.6. The maximum Gasteiger partial charge on any atom is 0.0223 e. The Bertz CT molecular complexity index is 257. The molecule has 2 nitrogen and oxygen atoms in total. The van der Waals surface area contributed by atoms with Crippen molar-refractivity contribution in [3.05, 3.63) is 12.7 Å². The molecule has 104 valence electrons. The van der Waals surface area contributed by atoms with E-state index >= 15 is 0 Å². The smallest absolute Gasteiger partial charge is 0.0223 e. The van der Waals surface area contributed by atoms with Crippen molar-refractivity contribution in [3.8, 4) is 0 Å². The third-order valence-corrected chi connectivity index (χ3v) is 5.33. The summed E-state index contributed by atoms with van der Waals surface area (Å²) >= 11 is 2.02. The molecule has 0 radical (unpaired) electrons. The summed E-state index contributed by atoms with van der Waals surface area (Å²) in [5, 5.41) is 0. The van der Waals surface area contributed by atoms with E-state index in [0.717, 1.165) is 17.8 Å². The number of nitrogens with zero attached hydrogens (tertiary/aromatic N) is 2. The molecular weight excluding hydrogens is 240 g/mol. The third-order valence-electron chi connectivity index (χ3n) is 4.39. The predicted octanol–water partition coefficient (Wildman–Crippen LogP) is 2.85. The van der Waals surface area contributed by atoms with E-state index in [9.17, 15) is 0 Å². The number of fused-ring (bicyclic) bond motifs is 1. The fourth-order valence-electron chi connectivity index (χ4n) is 3.32. The van der Waals surface area contributed by atoms with Crippen LogP contribution in [0.15, 0.2) is 12.7 Å². The second kappa shape index (κ2) is 7.56. The number of hydrogen-bond donors (Lipinski definition) is 0. The molecule has 2 heterocycles. The molecule has 2 rings (SSSR count). The van der Waals surface area contributed by atoms with Crippen LogP contribution >= 0.6 is 11.8 Å². The minimum atomic E-state index is 0.795. The van der Waals surface area contributed by atoms with Gasteiger partial charge in [-0.2, -0.15) is 11.8 Å². The van der Waals surface area contributed by atoms with Gasteiger partial charge >= 0.3 is 0 Å². The first-order valence-corrected chi connectivity index (χ1v) is 8.67. The Morgan fingerprint density at radius 3 is 3.00 bits per heavy atom. The highest BCUT2D eigenvalue weighted by Crippen LogP contribution is 2.25. The summed E-state index contributed by atoms with van der Waals surface area (Å²) in [6.45, 7) is 11.4. The van der Waals surface area contributed by atoms with Crippen LogP contribution in [0.4, 0.5) is 0 Å². The van der Waals surface area contributed by atoms with E-state index in [1.54, 1.807) is 0 Å². The van der Waals surface area contributed by atoms with Crippen LogP contribution in [-0.2, 0) is 0 Å². The molecule has 0 spiro atoms. The lowest BCUT2D eigenvalue weighted by atomic mass is 9.96. The largest absolute Gasteiger partial charge is 0.298 e. The Morgan fingerprint density at radius 1 is 1.33 bits per heavy atom. The van der Waals surface area contributed by atoms with Gasteiger partial charge in [-0.05, 0) is 25.8 Å². The Kier molecular flexibility index (Phi) is 6.06. The summed E-state index contributed by atoms with van der Waals surface area (Å²) < 4.78 is 0. The molecule has 2 aliphatic rings. The Balaban J connectivity index is 1.81. The molecule has 2 unspecified atom stereocenters. The molecule has 2 atom stereocenters. The number of piperidine rings is 1. The van der Waals surface area contributed by atoms with Gasteiger partial charge in [0.15, 0.2) is 0 Å². The summed E-state index contributed by atoms with van der Waals surface area (Å²) in [7, 11) is 0. The van der Waals surface area contributed by atoms with Crippen molar-refractivity contribution in [2.45, 2.75) is 44.7 Å². The molecule has 0 aromatic heterocycles. The minimum Gasteiger partial charge on any atom is -0.298 e. The first-order chi connectivity index (χ1) is 8.85. The summed E-state index contributed by atoms with van der Waals surface area (Å²) in [4.78, 5) is 5.51. The Labute approximate surface area is 117 Å². The van der Waals surface area contributed by atoms with Crippen LogP contribution in [0.25, 0.3) is 0 Å². The third kappa shape index (κ3) is 3.75. The molecule has 0 bridgehead atoms. The first-order valence-electron chi connectivity index (χ1n) is 7.52. The van der Waals surface area contributed by atoms with Gasteiger partial charge in [0, 0.05) is 43.2 Å². The van der Waals surface area contributed by atoms with Gasteiger partial charge in [0.1, 0.15) is 0 Å². The normalized spacial score (nSPS) is 30.1. The lowest BCUT2D eigenvalue weighted by molar-refractivity contribution is 0.0111. The topological polar surface area (TPSA) is 6.48 Å². The molecule has 0 aromatic carbocycles. The standard InChI is InChI=1S/C15H28N2S/c1-3-10-18-11-9-17-13-15-7-5-6-8-16(15)12-14(17)4-2/h3,14-15H,1,4-13H2,2H3. The van der Waals surface area contributed by atoms with E-state index in [0.29, 0.717) is 0 Å². The lowest BCUT2D eigenvalue weighted by Crippen LogP contribution is -2.59. The summed E-state index contributed by atoms with van der Waals surface area (Å²) in [5.74, 6) is 2.36. The van der Waals surface area contributed by atoms with Crippen molar-refractivity contribution >= 4 is 11.8 Å². The minimum absolute atomic E-state index is 0.795. The van der Waals surface area contributed by atoms with Crippen LogP contribution in [0.1, 0.15) is 32.6 Å². The first kappa shape index (κ1) is 14.4. The quantitative estimate of drug-likeness (QED) is 0.540. The fourth-order valence-corrected chi connectivity index (χ4v) is 4.02. The van der Waals surface area contributed by atoms with Crippen molar-refractivity contribution in [3.63, 3.8) is 0 Å². The molecule has 3 heteroatoms. The van der Waals surface area contributed by atoms with Crippen LogP contribution < -0.4 is 0 Å². The molecule has 0 saturated carbocycles. The SMILES string of the molecule is C=CCSCCN1CC2CCCCN2CC1CC. The van der Waals surface area contributed by atoms with Gasteiger partial charge in [-0.15, -0.1) is 6.58 Å². The van der Waals surface area contributed by atoms with Gasteiger partial charge in [-0.1, -0.05) is 19.4 Å². The highest BCUT2D eigenvalue weighted by atomic mass is 32.2. The molecule has 2 saturated heterocycles. The molecule has 18 heavy (non-hydrogen) atoms. The average molecular weight is 268 g/mol. The number of hydrogen-bond acceptors (Lipinski definition) is 3. The monoisotopic (exact) mass is 268 g/mol. The Hall–Kier alpha value is 0.01000. The van der Waals surface area contributed by atoms with Gasteiger partial charge in [-0.3, -0.25) is 9.80 Å². The van der Waals surface area contributed by atoms with Crippen molar-refractivity contribution in [2.24, 2.45) is 0 Å². The van der Waals surface area contributed by atoms with Crippen LogP contribution in [0, 0.1) is 0 Å². The van der Waals surface area contributed by atoms with Crippen molar-refractivity contribution in [1.29, 1.82) is 0 Å². The summed E-state index contributed by atoms with van der Waals surface area (Å²) in [6, 6.07) is 1.65. The maximum atomic E-state index is 3.79. The van der Waals surface area contributed by atoms with E-state index in [2.05, 4.69) is 23.3 Å². The Morgan fingerprint density at radius 2 is 2.22 bits per heavy atom. The summed E-state index contributed by atoms with van der Waals surface area (Å²) in [5.41, 5.74) is 0. The van der Waals surface area contributed by atoms with Crippen molar-refractivity contribution in [1.82, 2.24) is 9.80 Å². The molecule has 2 aliphatic heterocycles. The van der Waals surface area contributed by atoms with Crippen molar-refractivity contribution < 1.29 is 0 Å². The fraction of sp³-hybridized carbons (Fsp3) is 0.867. The van der Waals surface area contributed by atoms with Gasteiger partial charge < -0.3 is 0 Å². The highest BCUT2D eigenvalue weighted by Gasteiger charge is 2.33. The van der Waals surface area contributed by atoms with Gasteiger partial charge in [-0.25, -0.2) is 0 Å². The second-order valence-electron chi connectivity index (χ2n) is 5.57. The molecule has 2 fully saturated rings. The van der Waals surface area contributed by atoms with E-state index in [1.165, 1.54) is 57.6 Å². The van der Waals surface area contributed by atoms with E-state index in [4.69, 9.17) is 0 Å². The number of rotatable bonds is 6. The van der Waals surface area contributed by atoms with E-state index in [-0.39, 0.29) is 0 Å². The van der Waals surface area contributed by atoms with Crippen molar-refractivity contribution in [2.75, 3.05) is 37.7 Å². The zero-order valence-electron chi connectivity index (χ0n) is 11.8. The predicted molar refractivity (Wildman–Crippen MR) is 82.4 cm³/mol. The van der Waals surface area contributed by atoms with Gasteiger partial charge in [0.05, 0.1) is 0 Å². The molecular formula is C15H28N2S. The molecule has 0 N–H and O–H groups in total. The maximum absolute atomic E-state index is 3.79. The molecule has 0 aromatic rings. The van der Waals surface area contributed by atoms with E-state index < -0.39 is 0 Å². The average Bonchev–Trinajstić information content (AvgIpc) is 2.42. The number of piperazine rings is 1. The summed E-state index contributed by atoms with van der Waals surface area (Å²) in [6.07, 6.45) is 7.60. The second-order valence-corrected chi connectivity index (χ2v) is 6.71. The lowest BCUT2D eigenvalue weighted by Gasteiger charge is -2.48. The van der Waals surface area contributed by atoms with Gasteiger partial charge in [0.25, 0.3) is 0 Å². The van der Waals surface area contributed by atoms with E-state index in [1.807, 2.05) is 17.8 Å². The molecule has 0 aliphatic carbocycles. The highest BCUT2D eigenvalue weighted by molar-refractivity contribution is 7.99. The zero-order chi connectivity index (χ0) is 12.8. The van der Waals surface area contributed by atoms with Crippen LogP contribution in [0.2, 0.25) is 0 Å². The van der Waals surface area contributed by atoms with Gasteiger partial charge in [0.2, 0.25) is 0 Å². The van der Waals surface area contributed by atoms with Crippen LogP contribution in [0.5, 0.6) is 0 Å².